The van der Waals surface area contributed by atoms with E-state index in [2.05, 4.69) is 89.0 Å². The maximum absolute atomic E-state index is 3.66. The van der Waals surface area contributed by atoms with Crippen molar-refractivity contribution in [3.63, 3.8) is 0 Å². The minimum atomic E-state index is 0.493. The Labute approximate surface area is 142 Å². The molecule has 1 unspecified atom stereocenters. The van der Waals surface area contributed by atoms with Gasteiger partial charge in [-0.15, -0.1) is 0 Å². The van der Waals surface area contributed by atoms with E-state index in [1.165, 1.54) is 34.0 Å². The van der Waals surface area contributed by atoms with Crippen LogP contribution in [0.1, 0.15) is 50.3 Å². The van der Waals surface area contributed by atoms with Crippen LogP contribution in [0, 0.1) is 3.57 Å². The first-order chi connectivity index (χ1) is 10.2. The number of rotatable bonds is 8. The minimum absolute atomic E-state index is 0.493. The summed E-state index contributed by atoms with van der Waals surface area (Å²) in [7, 11) is 0. The molecule has 1 heterocycles. The van der Waals surface area contributed by atoms with E-state index in [1.807, 2.05) is 0 Å². The molecule has 1 N–H and O–H groups in total. The van der Waals surface area contributed by atoms with Gasteiger partial charge in [-0.05, 0) is 71.3 Å². The first-order valence-electron chi connectivity index (χ1n) is 7.86. The van der Waals surface area contributed by atoms with Crippen LogP contribution in [0.2, 0.25) is 0 Å². The quantitative estimate of drug-likeness (QED) is 0.623. The van der Waals surface area contributed by atoms with Crippen molar-refractivity contribution < 1.29 is 0 Å². The summed E-state index contributed by atoms with van der Waals surface area (Å²) in [6.07, 6.45) is 8.09. The molecule has 21 heavy (non-hydrogen) atoms. The standard InChI is InChI=1S/C18H25IN2/c1-3-5-18(20-11-4-2)16-10-12-21(14-16)13-15-6-8-17(19)9-7-15/h6-10,12,14,18,20H,3-5,11,13H2,1-2H3. The molecular formula is C18H25IN2. The van der Waals surface area contributed by atoms with Crippen molar-refractivity contribution in [2.75, 3.05) is 6.54 Å². The van der Waals surface area contributed by atoms with Crippen LogP contribution in [-0.2, 0) is 6.54 Å². The normalized spacial score (nSPS) is 12.5. The molecule has 0 saturated carbocycles. The van der Waals surface area contributed by atoms with Gasteiger partial charge in [-0.25, -0.2) is 0 Å². The summed E-state index contributed by atoms with van der Waals surface area (Å²) < 4.78 is 3.57. The Morgan fingerprint density at radius 3 is 2.52 bits per heavy atom. The van der Waals surface area contributed by atoms with E-state index in [1.54, 1.807) is 0 Å². The Kier molecular flexibility index (Phi) is 6.77. The van der Waals surface area contributed by atoms with Crippen LogP contribution in [0.15, 0.2) is 42.7 Å². The second kappa shape index (κ2) is 8.59. The minimum Gasteiger partial charge on any atom is -0.350 e. The number of hydrogen-bond donors (Lipinski definition) is 1. The van der Waals surface area contributed by atoms with Crippen LogP contribution in [0.5, 0.6) is 0 Å². The lowest BCUT2D eigenvalue weighted by molar-refractivity contribution is 0.493. The predicted molar refractivity (Wildman–Crippen MR) is 98.6 cm³/mol. The van der Waals surface area contributed by atoms with Crippen LogP contribution in [0.4, 0.5) is 0 Å². The second-order valence-corrected chi connectivity index (χ2v) is 6.78. The summed E-state index contributed by atoms with van der Waals surface area (Å²) in [5, 5.41) is 3.66. The average Bonchev–Trinajstić information content (AvgIpc) is 2.94. The number of hydrogen-bond acceptors (Lipinski definition) is 1. The van der Waals surface area contributed by atoms with Gasteiger partial charge in [0.25, 0.3) is 0 Å². The molecule has 1 aromatic carbocycles. The lowest BCUT2D eigenvalue weighted by Gasteiger charge is -2.16. The summed E-state index contributed by atoms with van der Waals surface area (Å²) >= 11 is 2.35. The molecule has 2 nitrogen and oxygen atoms in total. The van der Waals surface area contributed by atoms with Crippen molar-refractivity contribution in [3.05, 3.63) is 57.4 Å². The molecule has 3 heteroatoms. The molecule has 0 aliphatic carbocycles. The molecule has 2 aromatic rings. The number of aromatic nitrogens is 1. The molecule has 0 radical (unpaired) electrons. The molecule has 0 aliphatic heterocycles. The molecule has 0 amide bonds. The van der Waals surface area contributed by atoms with Gasteiger partial charge in [-0.3, -0.25) is 0 Å². The lowest BCUT2D eigenvalue weighted by Crippen LogP contribution is -2.21. The molecule has 0 fully saturated rings. The zero-order valence-corrected chi connectivity index (χ0v) is 15.1. The molecule has 1 aromatic heterocycles. The van der Waals surface area contributed by atoms with Gasteiger partial charge in [-0.2, -0.15) is 0 Å². The molecule has 0 spiro atoms. The van der Waals surface area contributed by atoms with E-state index in [0.717, 1.165) is 13.1 Å². The van der Waals surface area contributed by atoms with Crippen molar-refractivity contribution >= 4 is 22.6 Å². The van der Waals surface area contributed by atoms with Crippen molar-refractivity contribution in [1.29, 1.82) is 0 Å². The van der Waals surface area contributed by atoms with Gasteiger partial charge in [0, 0.05) is 28.6 Å². The molecule has 0 aliphatic rings. The van der Waals surface area contributed by atoms with E-state index < -0.39 is 0 Å². The molecule has 114 valence electrons. The van der Waals surface area contributed by atoms with Crippen LogP contribution < -0.4 is 5.32 Å². The smallest absolute Gasteiger partial charge is 0.0470 e. The summed E-state index contributed by atoms with van der Waals surface area (Å²) in [5.74, 6) is 0. The summed E-state index contributed by atoms with van der Waals surface area (Å²) in [4.78, 5) is 0. The van der Waals surface area contributed by atoms with Gasteiger partial charge in [0.2, 0.25) is 0 Å². The van der Waals surface area contributed by atoms with Crippen molar-refractivity contribution in [2.45, 2.75) is 45.7 Å². The number of nitrogens with zero attached hydrogens (tertiary/aromatic N) is 1. The van der Waals surface area contributed by atoms with E-state index >= 15 is 0 Å². The van der Waals surface area contributed by atoms with Crippen LogP contribution in [-0.4, -0.2) is 11.1 Å². The fourth-order valence-corrected chi connectivity index (χ4v) is 2.92. The molecule has 0 bridgehead atoms. The van der Waals surface area contributed by atoms with E-state index in [4.69, 9.17) is 0 Å². The first-order valence-corrected chi connectivity index (χ1v) is 8.94. The largest absolute Gasteiger partial charge is 0.350 e. The fraction of sp³-hybridized carbons (Fsp3) is 0.444. The first kappa shape index (κ1) is 16.6. The predicted octanol–water partition coefficient (Wildman–Crippen LogP) is 4.98. The van der Waals surface area contributed by atoms with Crippen molar-refractivity contribution in [2.24, 2.45) is 0 Å². The highest BCUT2D eigenvalue weighted by Gasteiger charge is 2.10. The zero-order chi connectivity index (χ0) is 15.1. The lowest BCUT2D eigenvalue weighted by atomic mass is 10.1. The van der Waals surface area contributed by atoms with E-state index in [9.17, 15) is 0 Å². The van der Waals surface area contributed by atoms with E-state index in [-0.39, 0.29) is 0 Å². The number of nitrogens with one attached hydrogen (secondary N) is 1. The highest BCUT2D eigenvalue weighted by molar-refractivity contribution is 14.1. The SMILES string of the molecule is CCCNC(CCC)c1ccn(Cc2ccc(I)cc2)c1. The topological polar surface area (TPSA) is 17.0 Å². The van der Waals surface area contributed by atoms with Gasteiger partial charge in [0.1, 0.15) is 0 Å². The van der Waals surface area contributed by atoms with Gasteiger partial charge in [0.15, 0.2) is 0 Å². The van der Waals surface area contributed by atoms with Gasteiger partial charge in [0.05, 0.1) is 0 Å². The molecule has 0 saturated heterocycles. The Balaban J connectivity index is 2.03. The Hall–Kier alpha value is -0.810. The third-order valence-electron chi connectivity index (χ3n) is 3.67. The maximum atomic E-state index is 3.66. The maximum Gasteiger partial charge on any atom is 0.0470 e. The average molecular weight is 396 g/mol. The second-order valence-electron chi connectivity index (χ2n) is 5.54. The monoisotopic (exact) mass is 396 g/mol. The summed E-state index contributed by atoms with van der Waals surface area (Å²) in [5.41, 5.74) is 2.77. The number of benzene rings is 1. The third kappa shape index (κ3) is 5.15. The van der Waals surface area contributed by atoms with Crippen molar-refractivity contribution in [1.82, 2.24) is 9.88 Å². The van der Waals surface area contributed by atoms with Crippen LogP contribution >= 0.6 is 22.6 Å². The Morgan fingerprint density at radius 1 is 1.10 bits per heavy atom. The summed E-state index contributed by atoms with van der Waals surface area (Å²) in [6.45, 7) is 6.51. The number of halogens is 1. The van der Waals surface area contributed by atoms with Gasteiger partial charge in [-0.1, -0.05) is 32.4 Å². The highest BCUT2D eigenvalue weighted by Crippen LogP contribution is 2.19. The zero-order valence-electron chi connectivity index (χ0n) is 13.0. The van der Waals surface area contributed by atoms with E-state index in [0.29, 0.717) is 6.04 Å². The molecule has 2 rings (SSSR count). The highest BCUT2D eigenvalue weighted by atomic mass is 127. The summed E-state index contributed by atoms with van der Waals surface area (Å²) in [6, 6.07) is 11.5. The fourth-order valence-electron chi connectivity index (χ4n) is 2.56. The van der Waals surface area contributed by atoms with Crippen molar-refractivity contribution in [3.8, 4) is 0 Å². The third-order valence-corrected chi connectivity index (χ3v) is 4.39. The Bertz CT molecular complexity index is 530. The van der Waals surface area contributed by atoms with Crippen LogP contribution in [0.25, 0.3) is 0 Å². The molecule has 1 atom stereocenters. The van der Waals surface area contributed by atoms with Crippen LogP contribution in [0.3, 0.4) is 0 Å². The molecular weight excluding hydrogens is 371 g/mol. The Morgan fingerprint density at radius 2 is 1.86 bits per heavy atom. The van der Waals surface area contributed by atoms with Gasteiger partial charge >= 0.3 is 0 Å². The van der Waals surface area contributed by atoms with Gasteiger partial charge < -0.3 is 9.88 Å².